The average molecular weight is 329 g/mol. The number of thiazole rings is 1. The van der Waals surface area contributed by atoms with Crippen molar-refractivity contribution in [3.05, 3.63) is 40.9 Å². The smallest absolute Gasteiger partial charge is 0.223 e. The molecule has 0 bridgehead atoms. The highest BCUT2D eigenvalue weighted by atomic mass is 32.1. The Morgan fingerprint density at radius 1 is 1.35 bits per heavy atom. The molecular formula is C18H23N3OS. The van der Waals surface area contributed by atoms with E-state index in [0.717, 1.165) is 40.4 Å². The number of nitrogens with two attached hydrogens (primary N) is 1. The van der Waals surface area contributed by atoms with Gasteiger partial charge >= 0.3 is 0 Å². The summed E-state index contributed by atoms with van der Waals surface area (Å²) >= 11 is 1.66. The number of nitrogens with one attached hydrogen (secondary N) is 1. The number of carbonyl (C=O) groups is 1. The van der Waals surface area contributed by atoms with Crippen LogP contribution < -0.4 is 11.1 Å². The number of amides is 1. The number of aromatic nitrogens is 1. The summed E-state index contributed by atoms with van der Waals surface area (Å²) in [6, 6.07) is 10.3. The molecule has 2 aromatic rings. The highest BCUT2D eigenvalue weighted by Gasteiger charge is 2.29. The van der Waals surface area contributed by atoms with Crippen LogP contribution in [-0.2, 0) is 4.79 Å². The molecule has 3 rings (SSSR count). The zero-order valence-electron chi connectivity index (χ0n) is 13.6. The zero-order chi connectivity index (χ0) is 16.4. The van der Waals surface area contributed by atoms with Gasteiger partial charge in [0.1, 0.15) is 5.01 Å². The van der Waals surface area contributed by atoms with Crippen molar-refractivity contribution in [3.8, 4) is 10.6 Å². The summed E-state index contributed by atoms with van der Waals surface area (Å²) in [6.07, 6.45) is 2.65. The number of hydrogen-bond acceptors (Lipinski definition) is 4. The third-order valence-corrected chi connectivity index (χ3v) is 5.84. The van der Waals surface area contributed by atoms with Crippen LogP contribution in [0.1, 0.15) is 42.8 Å². The zero-order valence-corrected chi connectivity index (χ0v) is 14.4. The first-order valence-electron chi connectivity index (χ1n) is 8.13. The molecule has 1 amide bonds. The Morgan fingerprint density at radius 3 is 2.74 bits per heavy atom. The lowest BCUT2D eigenvalue weighted by molar-refractivity contribution is -0.125. The second kappa shape index (κ2) is 6.81. The summed E-state index contributed by atoms with van der Waals surface area (Å²) in [5, 5.41) is 4.14. The van der Waals surface area contributed by atoms with E-state index >= 15 is 0 Å². The summed E-state index contributed by atoms with van der Waals surface area (Å²) in [5.74, 6) is 0.189. The maximum Gasteiger partial charge on any atom is 0.223 e. The predicted molar refractivity (Wildman–Crippen MR) is 94.2 cm³/mol. The number of carbonyl (C=O) groups excluding carboxylic acids is 1. The molecule has 0 radical (unpaired) electrons. The number of benzene rings is 1. The molecule has 4 nitrogen and oxygen atoms in total. The van der Waals surface area contributed by atoms with Gasteiger partial charge < -0.3 is 11.1 Å². The third kappa shape index (κ3) is 3.62. The van der Waals surface area contributed by atoms with Gasteiger partial charge in [0.15, 0.2) is 0 Å². The fourth-order valence-corrected chi connectivity index (χ4v) is 4.24. The van der Waals surface area contributed by atoms with Gasteiger partial charge in [-0.15, -0.1) is 11.3 Å². The van der Waals surface area contributed by atoms with Gasteiger partial charge in [0, 0.05) is 17.5 Å². The largest absolute Gasteiger partial charge is 0.348 e. The van der Waals surface area contributed by atoms with Crippen molar-refractivity contribution in [2.45, 2.75) is 45.2 Å². The first-order chi connectivity index (χ1) is 11.0. The van der Waals surface area contributed by atoms with Crippen molar-refractivity contribution in [2.24, 2.45) is 11.7 Å². The lowest BCUT2D eigenvalue weighted by atomic mass is 10.1. The van der Waals surface area contributed by atoms with Gasteiger partial charge in [-0.1, -0.05) is 30.3 Å². The molecule has 0 aliphatic heterocycles. The predicted octanol–water partition coefficient (Wildman–Crippen LogP) is 3.42. The molecule has 3 N–H and O–H groups in total. The molecule has 0 saturated heterocycles. The van der Waals surface area contributed by atoms with Crippen LogP contribution in [0.4, 0.5) is 0 Å². The summed E-state index contributed by atoms with van der Waals surface area (Å²) in [7, 11) is 0. The van der Waals surface area contributed by atoms with Gasteiger partial charge in [-0.05, 0) is 33.1 Å². The van der Waals surface area contributed by atoms with Gasteiger partial charge in [0.25, 0.3) is 0 Å². The first-order valence-corrected chi connectivity index (χ1v) is 8.95. The van der Waals surface area contributed by atoms with Gasteiger partial charge in [-0.3, -0.25) is 4.79 Å². The van der Waals surface area contributed by atoms with E-state index in [-0.39, 0.29) is 23.9 Å². The molecule has 1 fully saturated rings. The fourth-order valence-electron chi connectivity index (χ4n) is 3.17. The lowest BCUT2D eigenvalue weighted by Crippen LogP contribution is -2.32. The summed E-state index contributed by atoms with van der Waals surface area (Å²) in [5.41, 5.74) is 8.02. The molecule has 1 aromatic carbocycles. The minimum absolute atomic E-state index is 0.0192. The van der Waals surface area contributed by atoms with Gasteiger partial charge in [0.2, 0.25) is 5.91 Å². The molecule has 1 aliphatic rings. The van der Waals surface area contributed by atoms with Gasteiger partial charge in [-0.25, -0.2) is 4.98 Å². The Labute approximate surface area is 141 Å². The Hall–Kier alpha value is -1.72. The molecule has 1 heterocycles. The number of rotatable bonds is 4. The van der Waals surface area contributed by atoms with E-state index in [0.29, 0.717) is 0 Å². The summed E-state index contributed by atoms with van der Waals surface area (Å²) in [4.78, 5) is 18.2. The third-order valence-electron chi connectivity index (χ3n) is 4.45. The molecular weight excluding hydrogens is 306 g/mol. The van der Waals surface area contributed by atoms with Gasteiger partial charge in [0.05, 0.1) is 16.6 Å². The second-order valence-corrected chi connectivity index (χ2v) is 7.37. The molecule has 3 atom stereocenters. The van der Waals surface area contributed by atoms with Crippen LogP contribution in [0.2, 0.25) is 0 Å². The number of aryl methyl sites for hydroxylation is 1. The average Bonchev–Trinajstić information content (AvgIpc) is 3.14. The lowest BCUT2D eigenvalue weighted by Gasteiger charge is -2.16. The molecule has 3 unspecified atom stereocenters. The van der Waals surface area contributed by atoms with E-state index in [1.54, 1.807) is 11.3 Å². The maximum absolute atomic E-state index is 12.4. The van der Waals surface area contributed by atoms with E-state index < -0.39 is 0 Å². The van der Waals surface area contributed by atoms with Crippen molar-refractivity contribution in [2.75, 3.05) is 0 Å². The summed E-state index contributed by atoms with van der Waals surface area (Å²) < 4.78 is 0. The maximum atomic E-state index is 12.4. The standard InChI is InChI=1S/C18H23N3OS/c1-11(20-17(22)14-8-9-15(19)10-14)16-12(2)21-18(23-16)13-6-4-3-5-7-13/h3-7,11,14-15H,8-10,19H2,1-2H3,(H,20,22). The van der Waals surface area contributed by atoms with Crippen molar-refractivity contribution >= 4 is 17.2 Å². The second-order valence-electron chi connectivity index (χ2n) is 6.34. The SMILES string of the molecule is Cc1nc(-c2ccccc2)sc1C(C)NC(=O)C1CCC(N)C1. The Balaban J connectivity index is 1.71. The molecule has 1 saturated carbocycles. The minimum atomic E-state index is -0.0192. The first kappa shape index (κ1) is 16.1. The Kier molecular flexibility index (Phi) is 4.78. The van der Waals surface area contributed by atoms with E-state index in [4.69, 9.17) is 5.73 Å². The van der Waals surface area contributed by atoms with Crippen molar-refractivity contribution in [1.82, 2.24) is 10.3 Å². The van der Waals surface area contributed by atoms with Crippen LogP contribution >= 0.6 is 11.3 Å². The van der Waals surface area contributed by atoms with Crippen molar-refractivity contribution in [3.63, 3.8) is 0 Å². The van der Waals surface area contributed by atoms with E-state index in [1.165, 1.54) is 0 Å². The van der Waals surface area contributed by atoms with E-state index in [2.05, 4.69) is 22.4 Å². The van der Waals surface area contributed by atoms with E-state index in [1.807, 2.05) is 32.0 Å². The quantitative estimate of drug-likeness (QED) is 0.903. The molecule has 5 heteroatoms. The van der Waals surface area contributed by atoms with Crippen molar-refractivity contribution < 1.29 is 4.79 Å². The molecule has 1 aromatic heterocycles. The van der Waals surface area contributed by atoms with Gasteiger partial charge in [-0.2, -0.15) is 0 Å². The monoisotopic (exact) mass is 329 g/mol. The fraction of sp³-hybridized carbons (Fsp3) is 0.444. The highest BCUT2D eigenvalue weighted by molar-refractivity contribution is 7.15. The van der Waals surface area contributed by atoms with Crippen LogP contribution in [0.3, 0.4) is 0 Å². The minimum Gasteiger partial charge on any atom is -0.348 e. The molecule has 0 spiro atoms. The topological polar surface area (TPSA) is 68.0 Å². The Bertz CT molecular complexity index is 683. The summed E-state index contributed by atoms with van der Waals surface area (Å²) in [6.45, 7) is 4.04. The molecule has 23 heavy (non-hydrogen) atoms. The molecule has 1 aliphatic carbocycles. The van der Waals surface area contributed by atoms with Crippen LogP contribution in [0.25, 0.3) is 10.6 Å². The normalized spacial score (nSPS) is 22.0. The molecule has 122 valence electrons. The van der Waals surface area contributed by atoms with Crippen LogP contribution in [-0.4, -0.2) is 16.9 Å². The number of nitrogens with zero attached hydrogens (tertiary/aromatic N) is 1. The van der Waals surface area contributed by atoms with E-state index in [9.17, 15) is 4.79 Å². The van der Waals surface area contributed by atoms with Crippen LogP contribution in [0.15, 0.2) is 30.3 Å². The van der Waals surface area contributed by atoms with Crippen molar-refractivity contribution in [1.29, 1.82) is 0 Å². The number of hydrogen-bond donors (Lipinski definition) is 2. The van der Waals surface area contributed by atoms with Crippen LogP contribution in [0, 0.1) is 12.8 Å². The van der Waals surface area contributed by atoms with Crippen LogP contribution in [0.5, 0.6) is 0 Å². The Morgan fingerprint density at radius 2 is 2.09 bits per heavy atom. The highest BCUT2D eigenvalue weighted by Crippen LogP contribution is 2.32.